The van der Waals surface area contributed by atoms with Crippen molar-refractivity contribution in [1.82, 2.24) is 4.72 Å². The van der Waals surface area contributed by atoms with Gasteiger partial charge < -0.3 is 4.74 Å². The van der Waals surface area contributed by atoms with E-state index in [0.29, 0.717) is 5.75 Å². The van der Waals surface area contributed by atoms with Crippen LogP contribution < -0.4 is 9.46 Å². The van der Waals surface area contributed by atoms with Crippen LogP contribution in [0.25, 0.3) is 0 Å². The van der Waals surface area contributed by atoms with Crippen molar-refractivity contribution in [1.29, 1.82) is 0 Å². The Labute approximate surface area is 137 Å². The second-order valence-electron chi connectivity index (χ2n) is 4.65. The van der Waals surface area contributed by atoms with Gasteiger partial charge in [-0.15, -0.1) is 11.3 Å². The summed E-state index contributed by atoms with van der Waals surface area (Å²) in [6.45, 7) is 3.76. The summed E-state index contributed by atoms with van der Waals surface area (Å²) in [5.74, 6) is 0.670. The smallest absolute Gasteiger partial charge is 0.250 e. The van der Waals surface area contributed by atoms with Crippen LogP contribution in [0.5, 0.6) is 5.75 Å². The third kappa shape index (κ3) is 3.85. The molecule has 0 saturated heterocycles. The molecule has 2 aromatic rings. The Hall–Kier alpha value is -0.890. The van der Waals surface area contributed by atoms with E-state index in [-0.39, 0.29) is 10.3 Å². The molecule has 7 heteroatoms. The molecule has 1 atom stereocenters. The predicted molar refractivity (Wildman–Crippen MR) is 88.5 cm³/mol. The molecule has 4 nitrogen and oxygen atoms in total. The second-order valence-corrected chi connectivity index (χ2v) is 9.05. The van der Waals surface area contributed by atoms with E-state index in [1.807, 2.05) is 25.1 Å². The minimum Gasteiger partial charge on any atom is -0.496 e. The van der Waals surface area contributed by atoms with Crippen molar-refractivity contribution in [3.05, 3.63) is 45.2 Å². The number of halogens is 1. The highest BCUT2D eigenvalue weighted by molar-refractivity contribution is 9.11. The fourth-order valence-electron chi connectivity index (χ4n) is 1.99. The first-order chi connectivity index (χ1) is 9.83. The van der Waals surface area contributed by atoms with Crippen molar-refractivity contribution in [2.24, 2.45) is 0 Å². The number of nitrogens with one attached hydrogen (secondary N) is 1. The van der Waals surface area contributed by atoms with Gasteiger partial charge in [-0.05, 0) is 48.0 Å². The number of ether oxygens (including phenoxy) is 1. The molecule has 114 valence electrons. The van der Waals surface area contributed by atoms with Crippen LogP contribution in [0.3, 0.4) is 0 Å². The first kappa shape index (κ1) is 16.5. The van der Waals surface area contributed by atoms with Crippen molar-refractivity contribution in [2.45, 2.75) is 24.1 Å². The van der Waals surface area contributed by atoms with E-state index in [4.69, 9.17) is 4.74 Å². The fourth-order valence-corrected chi connectivity index (χ4v) is 5.24. The number of aryl methyl sites for hydroxylation is 1. The highest BCUT2D eigenvalue weighted by Gasteiger charge is 2.22. The molecule has 1 aromatic heterocycles. The van der Waals surface area contributed by atoms with Gasteiger partial charge in [-0.25, -0.2) is 13.1 Å². The number of hydrogen-bond acceptors (Lipinski definition) is 4. The van der Waals surface area contributed by atoms with E-state index >= 15 is 0 Å². The Morgan fingerprint density at radius 3 is 2.57 bits per heavy atom. The van der Waals surface area contributed by atoms with Crippen molar-refractivity contribution >= 4 is 37.3 Å². The van der Waals surface area contributed by atoms with Crippen LogP contribution in [0.15, 0.2) is 38.3 Å². The number of rotatable bonds is 5. The maximum absolute atomic E-state index is 12.4. The summed E-state index contributed by atoms with van der Waals surface area (Å²) >= 11 is 4.45. The van der Waals surface area contributed by atoms with Gasteiger partial charge in [0.1, 0.15) is 9.96 Å². The maximum atomic E-state index is 12.4. The third-order valence-electron chi connectivity index (χ3n) is 3.00. The molecular formula is C14H16BrNO3S2. The van der Waals surface area contributed by atoms with Crippen molar-refractivity contribution < 1.29 is 13.2 Å². The summed E-state index contributed by atoms with van der Waals surface area (Å²) in [7, 11) is -1.97. The summed E-state index contributed by atoms with van der Waals surface area (Å²) < 4.78 is 33.8. The maximum Gasteiger partial charge on any atom is 0.250 e. The molecule has 1 heterocycles. The van der Waals surface area contributed by atoms with Gasteiger partial charge in [0.25, 0.3) is 10.0 Å². The van der Waals surface area contributed by atoms with Crippen LogP contribution in [-0.2, 0) is 10.0 Å². The molecular weight excluding hydrogens is 374 g/mol. The SMILES string of the molecule is COc1ccc(C)cc1C(C)NS(=O)(=O)c1ccc(Br)s1. The molecule has 0 amide bonds. The molecule has 0 aliphatic rings. The molecule has 0 spiro atoms. The van der Waals surface area contributed by atoms with E-state index in [0.717, 1.165) is 14.9 Å². The predicted octanol–water partition coefficient (Wildman–Crippen LogP) is 3.87. The first-order valence-corrected chi connectivity index (χ1v) is 9.35. The number of methoxy groups -OCH3 is 1. The largest absolute Gasteiger partial charge is 0.496 e. The van der Waals surface area contributed by atoms with Gasteiger partial charge in [-0.1, -0.05) is 17.7 Å². The molecule has 0 radical (unpaired) electrons. The standard InChI is InChI=1S/C14H16BrNO3S2/c1-9-4-5-12(19-3)11(8-9)10(2)16-21(17,18)14-7-6-13(15)20-14/h4-8,10,16H,1-3H3. The number of benzene rings is 1. The minimum atomic E-state index is -3.54. The van der Waals surface area contributed by atoms with E-state index in [1.165, 1.54) is 11.3 Å². The van der Waals surface area contributed by atoms with Crippen LogP contribution in [0.4, 0.5) is 0 Å². The average Bonchev–Trinajstić information content (AvgIpc) is 2.85. The van der Waals surface area contributed by atoms with Crippen LogP contribution in [0, 0.1) is 6.92 Å². The van der Waals surface area contributed by atoms with Gasteiger partial charge in [0.05, 0.1) is 10.9 Å². The van der Waals surface area contributed by atoms with Gasteiger partial charge in [0, 0.05) is 11.6 Å². The summed E-state index contributed by atoms with van der Waals surface area (Å²) in [6.07, 6.45) is 0. The lowest BCUT2D eigenvalue weighted by molar-refractivity contribution is 0.405. The van der Waals surface area contributed by atoms with Gasteiger partial charge in [-0.2, -0.15) is 0 Å². The molecule has 21 heavy (non-hydrogen) atoms. The lowest BCUT2D eigenvalue weighted by Crippen LogP contribution is -2.26. The molecule has 2 rings (SSSR count). The summed E-state index contributed by atoms with van der Waals surface area (Å²) in [5, 5.41) is 0. The van der Waals surface area contributed by atoms with Crippen LogP contribution >= 0.6 is 27.3 Å². The summed E-state index contributed by atoms with van der Waals surface area (Å²) in [4.78, 5) is 0. The number of hydrogen-bond donors (Lipinski definition) is 1. The van der Waals surface area contributed by atoms with E-state index in [1.54, 1.807) is 26.2 Å². The second kappa shape index (κ2) is 6.48. The molecule has 1 N–H and O–H groups in total. The van der Waals surface area contributed by atoms with E-state index in [2.05, 4.69) is 20.7 Å². The zero-order valence-electron chi connectivity index (χ0n) is 11.9. The highest BCUT2D eigenvalue weighted by atomic mass is 79.9. The van der Waals surface area contributed by atoms with E-state index < -0.39 is 10.0 Å². The van der Waals surface area contributed by atoms with Crippen molar-refractivity contribution in [2.75, 3.05) is 7.11 Å². The molecule has 0 saturated carbocycles. The average molecular weight is 390 g/mol. The van der Waals surface area contributed by atoms with Crippen LogP contribution in [0.2, 0.25) is 0 Å². The lowest BCUT2D eigenvalue weighted by Gasteiger charge is -2.17. The van der Waals surface area contributed by atoms with E-state index in [9.17, 15) is 8.42 Å². The monoisotopic (exact) mass is 389 g/mol. The first-order valence-electron chi connectivity index (χ1n) is 6.25. The third-order valence-corrected chi connectivity index (χ3v) is 6.65. The minimum absolute atomic E-state index is 0.285. The fraction of sp³-hybridized carbons (Fsp3) is 0.286. The van der Waals surface area contributed by atoms with Gasteiger partial charge in [0.15, 0.2) is 0 Å². The molecule has 1 unspecified atom stereocenters. The molecule has 0 bridgehead atoms. The van der Waals surface area contributed by atoms with Crippen molar-refractivity contribution in [3.63, 3.8) is 0 Å². The molecule has 1 aromatic carbocycles. The van der Waals surface area contributed by atoms with Crippen LogP contribution in [-0.4, -0.2) is 15.5 Å². The van der Waals surface area contributed by atoms with Crippen molar-refractivity contribution in [3.8, 4) is 5.75 Å². The summed E-state index contributed by atoms with van der Waals surface area (Å²) in [5.41, 5.74) is 1.87. The number of thiophene rings is 1. The summed E-state index contributed by atoms with van der Waals surface area (Å²) in [6, 6.07) is 8.62. The van der Waals surface area contributed by atoms with Gasteiger partial charge >= 0.3 is 0 Å². The number of sulfonamides is 1. The molecule has 0 aliphatic carbocycles. The Balaban J connectivity index is 2.29. The van der Waals surface area contributed by atoms with Gasteiger partial charge in [0.2, 0.25) is 0 Å². The Bertz CT molecular complexity index is 740. The van der Waals surface area contributed by atoms with Crippen LogP contribution in [0.1, 0.15) is 24.1 Å². The molecule has 0 aliphatic heterocycles. The normalized spacial score (nSPS) is 13.1. The quantitative estimate of drug-likeness (QED) is 0.844. The van der Waals surface area contributed by atoms with Gasteiger partial charge in [-0.3, -0.25) is 0 Å². The molecule has 0 fully saturated rings. The topological polar surface area (TPSA) is 55.4 Å². The Morgan fingerprint density at radius 2 is 2.00 bits per heavy atom. The lowest BCUT2D eigenvalue weighted by atomic mass is 10.1. The Kier molecular flexibility index (Phi) is 5.08. The zero-order valence-corrected chi connectivity index (χ0v) is 15.1. The zero-order chi connectivity index (χ0) is 15.6. The Morgan fingerprint density at radius 1 is 1.29 bits per heavy atom. The highest BCUT2D eigenvalue weighted by Crippen LogP contribution is 2.30.